The molecule has 0 aliphatic carbocycles. The Kier molecular flexibility index (Phi) is 7.35. The van der Waals surface area contributed by atoms with Gasteiger partial charge in [-0.1, -0.05) is 25.8 Å². The number of aryl methyl sites for hydroxylation is 1. The molecule has 0 spiro atoms. The van der Waals surface area contributed by atoms with Crippen LogP contribution >= 0.6 is 0 Å². The van der Waals surface area contributed by atoms with Crippen molar-refractivity contribution in [3.8, 4) is 0 Å². The van der Waals surface area contributed by atoms with Gasteiger partial charge in [0.15, 0.2) is 0 Å². The van der Waals surface area contributed by atoms with Crippen LogP contribution in [0.2, 0.25) is 0 Å². The van der Waals surface area contributed by atoms with E-state index in [1.54, 1.807) is 0 Å². The standard InChI is InChI=1S/C16H26N2/c1-4-6-7-8-9-10-16(17-3)15-11-12-18-13-14(15)5-2/h4,11-13,16-17H,1,5-10H2,2-3H3. The number of unbranched alkanes of at least 4 members (excludes halogenated alkanes) is 3. The molecule has 0 aliphatic heterocycles. The van der Waals surface area contributed by atoms with Crippen LogP contribution in [0.1, 0.15) is 56.2 Å². The van der Waals surface area contributed by atoms with E-state index in [9.17, 15) is 0 Å². The van der Waals surface area contributed by atoms with E-state index >= 15 is 0 Å². The van der Waals surface area contributed by atoms with E-state index in [-0.39, 0.29) is 0 Å². The molecule has 2 heteroatoms. The van der Waals surface area contributed by atoms with Crippen molar-refractivity contribution in [1.29, 1.82) is 0 Å². The summed E-state index contributed by atoms with van der Waals surface area (Å²) < 4.78 is 0. The van der Waals surface area contributed by atoms with Crippen LogP contribution in [0, 0.1) is 0 Å². The smallest absolute Gasteiger partial charge is 0.0321 e. The van der Waals surface area contributed by atoms with Gasteiger partial charge >= 0.3 is 0 Å². The number of allylic oxidation sites excluding steroid dienone is 1. The lowest BCUT2D eigenvalue weighted by atomic mass is 9.96. The van der Waals surface area contributed by atoms with Crippen LogP contribution in [0.15, 0.2) is 31.1 Å². The Morgan fingerprint density at radius 3 is 2.89 bits per heavy atom. The van der Waals surface area contributed by atoms with Crippen molar-refractivity contribution < 1.29 is 0 Å². The molecule has 0 amide bonds. The number of hydrogen-bond donors (Lipinski definition) is 1. The van der Waals surface area contributed by atoms with Gasteiger partial charge in [0.2, 0.25) is 0 Å². The molecule has 0 bridgehead atoms. The van der Waals surface area contributed by atoms with Gasteiger partial charge in [0.05, 0.1) is 0 Å². The largest absolute Gasteiger partial charge is 0.313 e. The van der Waals surface area contributed by atoms with Crippen molar-refractivity contribution in [2.45, 2.75) is 51.5 Å². The third-order valence-electron chi connectivity index (χ3n) is 3.45. The van der Waals surface area contributed by atoms with Crippen molar-refractivity contribution >= 4 is 0 Å². The van der Waals surface area contributed by atoms with Crippen LogP contribution in [0.25, 0.3) is 0 Å². The Morgan fingerprint density at radius 2 is 2.22 bits per heavy atom. The molecule has 1 N–H and O–H groups in total. The average molecular weight is 246 g/mol. The number of aromatic nitrogens is 1. The molecule has 1 unspecified atom stereocenters. The Morgan fingerprint density at radius 1 is 1.39 bits per heavy atom. The lowest BCUT2D eigenvalue weighted by Crippen LogP contribution is -2.18. The molecule has 0 saturated carbocycles. The molecule has 0 radical (unpaired) electrons. The zero-order chi connectivity index (χ0) is 13.2. The SMILES string of the molecule is C=CCCCCCC(NC)c1ccncc1CC. The second kappa shape index (κ2) is 8.87. The average Bonchev–Trinajstić information content (AvgIpc) is 2.43. The van der Waals surface area contributed by atoms with Gasteiger partial charge in [-0.2, -0.15) is 0 Å². The predicted molar refractivity (Wildman–Crippen MR) is 78.7 cm³/mol. The maximum Gasteiger partial charge on any atom is 0.0321 e. The highest BCUT2D eigenvalue weighted by atomic mass is 14.9. The summed E-state index contributed by atoms with van der Waals surface area (Å²) in [7, 11) is 2.05. The van der Waals surface area contributed by atoms with Crippen molar-refractivity contribution in [3.05, 3.63) is 42.2 Å². The molecule has 100 valence electrons. The summed E-state index contributed by atoms with van der Waals surface area (Å²) in [5.74, 6) is 0. The molecule has 1 heterocycles. The van der Waals surface area contributed by atoms with E-state index in [4.69, 9.17) is 0 Å². The minimum atomic E-state index is 0.465. The first-order valence-electron chi connectivity index (χ1n) is 7.04. The summed E-state index contributed by atoms with van der Waals surface area (Å²) in [6.07, 6.45) is 13.1. The first-order chi connectivity index (χ1) is 8.83. The molecular weight excluding hydrogens is 220 g/mol. The number of rotatable bonds is 9. The highest BCUT2D eigenvalue weighted by molar-refractivity contribution is 5.26. The highest BCUT2D eigenvalue weighted by Gasteiger charge is 2.12. The summed E-state index contributed by atoms with van der Waals surface area (Å²) in [5, 5.41) is 3.44. The summed E-state index contributed by atoms with van der Waals surface area (Å²) in [6, 6.07) is 2.62. The third kappa shape index (κ3) is 4.61. The van der Waals surface area contributed by atoms with Gasteiger partial charge in [0, 0.05) is 18.4 Å². The maximum absolute atomic E-state index is 4.21. The van der Waals surface area contributed by atoms with Crippen LogP contribution in [-0.4, -0.2) is 12.0 Å². The second-order valence-corrected chi connectivity index (χ2v) is 4.70. The number of nitrogens with one attached hydrogen (secondary N) is 1. The zero-order valence-electron chi connectivity index (χ0n) is 11.8. The quantitative estimate of drug-likeness (QED) is 0.525. The molecule has 0 aromatic carbocycles. The summed E-state index contributed by atoms with van der Waals surface area (Å²) in [6.45, 7) is 5.95. The highest BCUT2D eigenvalue weighted by Crippen LogP contribution is 2.23. The fourth-order valence-corrected chi connectivity index (χ4v) is 2.34. The van der Waals surface area contributed by atoms with E-state index in [1.807, 2.05) is 25.5 Å². The Labute approximate surface area is 112 Å². The van der Waals surface area contributed by atoms with Crippen LogP contribution in [0.4, 0.5) is 0 Å². The Balaban J connectivity index is 2.51. The minimum absolute atomic E-state index is 0.465. The third-order valence-corrected chi connectivity index (χ3v) is 3.45. The first kappa shape index (κ1) is 14.9. The number of nitrogens with zero attached hydrogens (tertiary/aromatic N) is 1. The van der Waals surface area contributed by atoms with E-state index in [0.29, 0.717) is 6.04 Å². The molecule has 2 nitrogen and oxygen atoms in total. The normalized spacial score (nSPS) is 12.3. The lowest BCUT2D eigenvalue weighted by molar-refractivity contribution is 0.504. The molecule has 1 rings (SSSR count). The van der Waals surface area contributed by atoms with Gasteiger partial charge in [0.25, 0.3) is 0 Å². The summed E-state index contributed by atoms with van der Waals surface area (Å²) in [4.78, 5) is 4.21. The monoisotopic (exact) mass is 246 g/mol. The Bertz CT molecular complexity index is 347. The predicted octanol–water partition coefficient (Wildman–Crippen LogP) is 4.04. The fourth-order valence-electron chi connectivity index (χ4n) is 2.34. The van der Waals surface area contributed by atoms with Crippen LogP contribution in [-0.2, 0) is 6.42 Å². The van der Waals surface area contributed by atoms with Gasteiger partial charge in [-0.05, 0) is 49.9 Å². The van der Waals surface area contributed by atoms with Crippen molar-refractivity contribution in [2.24, 2.45) is 0 Å². The number of hydrogen-bond acceptors (Lipinski definition) is 2. The van der Waals surface area contributed by atoms with E-state index in [1.165, 1.54) is 36.8 Å². The lowest BCUT2D eigenvalue weighted by Gasteiger charge is -2.19. The van der Waals surface area contributed by atoms with Crippen molar-refractivity contribution in [2.75, 3.05) is 7.05 Å². The molecule has 18 heavy (non-hydrogen) atoms. The van der Waals surface area contributed by atoms with Crippen molar-refractivity contribution in [1.82, 2.24) is 10.3 Å². The summed E-state index contributed by atoms with van der Waals surface area (Å²) >= 11 is 0. The van der Waals surface area contributed by atoms with Crippen molar-refractivity contribution in [3.63, 3.8) is 0 Å². The van der Waals surface area contributed by atoms with Gasteiger partial charge in [-0.25, -0.2) is 0 Å². The zero-order valence-corrected chi connectivity index (χ0v) is 11.8. The first-order valence-corrected chi connectivity index (χ1v) is 7.04. The van der Waals surface area contributed by atoms with E-state index < -0.39 is 0 Å². The minimum Gasteiger partial charge on any atom is -0.313 e. The maximum atomic E-state index is 4.21. The summed E-state index contributed by atoms with van der Waals surface area (Å²) in [5.41, 5.74) is 2.78. The van der Waals surface area contributed by atoms with Crippen LogP contribution < -0.4 is 5.32 Å². The van der Waals surface area contributed by atoms with Gasteiger partial charge < -0.3 is 5.32 Å². The van der Waals surface area contributed by atoms with E-state index in [2.05, 4.69) is 29.9 Å². The molecule has 0 fully saturated rings. The molecule has 1 aromatic rings. The van der Waals surface area contributed by atoms with Gasteiger partial charge in [-0.3, -0.25) is 4.98 Å². The van der Waals surface area contributed by atoms with Gasteiger partial charge in [-0.15, -0.1) is 6.58 Å². The molecule has 1 atom stereocenters. The second-order valence-electron chi connectivity index (χ2n) is 4.70. The van der Waals surface area contributed by atoms with Crippen LogP contribution in [0.3, 0.4) is 0 Å². The topological polar surface area (TPSA) is 24.9 Å². The molecular formula is C16H26N2. The van der Waals surface area contributed by atoms with E-state index in [0.717, 1.165) is 12.8 Å². The molecule has 0 aliphatic rings. The Hall–Kier alpha value is -1.15. The van der Waals surface area contributed by atoms with Crippen LogP contribution in [0.5, 0.6) is 0 Å². The van der Waals surface area contributed by atoms with Gasteiger partial charge in [0.1, 0.15) is 0 Å². The number of pyridine rings is 1. The fraction of sp³-hybridized carbons (Fsp3) is 0.562. The molecule has 0 saturated heterocycles. The molecule has 1 aromatic heterocycles.